The molecule has 2 aromatic rings. The standard InChI is InChI=1S/C20H22F2N4O2/c1-13(2)20(28)26-9-7-25(8-10-26)18-6-4-15(12-23-18)24-19(27)16-5-3-14(21)11-17(16)22/h3-6,11-13H,7-10H2,1-2H3,(H,24,27). The van der Waals surface area contributed by atoms with E-state index in [2.05, 4.69) is 15.2 Å². The number of anilines is 2. The van der Waals surface area contributed by atoms with E-state index in [0.717, 1.165) is 18.0 Å². The Morgan fingerprint density at radius 1 is 1.07 bits per heavy atom. The zero-order valence-corrected chi connectivity index (χ0v) is 15.8. The van der Waals surface area contributed by atoms with Crippen LogP contribution in [0.1, 0.15) is 24.2 Å². The second kappa shape index (κ2) is 8.33. The summed E-state index contributed by atoms with van der Waals surface area (Å²) < 4.78 is 26.7. The van der Waals surface area contributed by atoms with Crippen molar-refractivity contribution in [1.29, 1.82) is 0 Å². The number of hydrogen-bond donors (Lipinski definition) is 1. The van der Waals surface area contributed by atoms with Crippen LogP contribution in [0.4, 0.5) is 20.3 Å². The summed E-state index contributed by atoms with van der Waals surface area (Å²) in [6, 6.07) is 6.23. The maximum atomic E-state index is 13.7. The first-order valence-electron chi connectivity index (χ1n) is 9.11. The third kappa shape index (κ3) is 4.44. The summed E-state index contributed by atoms with van der Waals surface area (Å²) in [6.07, 6.45) is 1.49. The van der Waals surface area contributed by atoms with E-state index in [9.17, 15) is 18.4 Å². The minimum atomic E-state index is -0.920. The number of nitrogens with one attached hydrogen (secondary N) is 1. The zero-order valence-electron chi connectivity index (χ0n) is 15.8. The Balaban J connectivity index is 1.60. The lowest BCUT2D eigenvalue weighted by molar-refractivity contribution is -0.134. The Labute approximate surface area is 162 Å². The van der Waals surface area contributed by atoms with Crippen LogP contribution < -0.4 is 10.2 Å². The number of carbonyl (C=O) groups excluding carboxylic acids is 2. The highest BCUT2D eigenvalue weighted by Crippen LogP contribution is 2.18. The second-order valence-corrected chi connectivity index (χ2v) is 6.95. The van der Waals surface area contributed by atoms with Crippen LogP contribution in [0, 0.1) is 17.6 Å². The van der Waals surface area contributed by atoms with Crippen molar-refractivity contribution in [3.8, 4) is 0 Å². The number of amides is 2. The van der Waals surface area contributed by atoms with E-state index in [1.54, 1.807) is 12.1 Å². The van der Waals surface area contributed by atoms with E-state index in [4.69, 9.17) is 0 Å². The van der Waals surface area contributed by atoms with Crippen molar-refractivity contribution in [2.24, 2.45) is 5.92 Å². The molecular weight excluding hydrogens is 366 g/mol. The largest absolute Gasteiger partial charge is 0.353 e. The lowest BCUT2D eigenvalue weighted by Crippen LogP contribution is -2.50. The minimum Gasteiger partial charge on any atom is -0.353 e. The Hall–Kier alpha value is -3.03. The zero-order chi connectivity index (χ0) is 20.3. The number of piperazine rings is 1. The number of halogens is 2. The molecule has 1 aliphatic rings. The first kappa shape index (κ1) is 19.7. The molecule has 0 unspecified atom stereocenters. The van der Waals surface area contributed by atoms with Crippen LogP contribution in [0.25, 0.3) is 0 Å². The summed E-state index contributed by atoms with van der Waals surface area (Å²) in [4.78, 5) is 32.5. The van der Waals surface area contributed by atoms with Crippen molar-refractivity contribution in [3.63, 3.8) is 0 Å². The summed E-state index contributed by atoms with van der Waals surface area (Å²) in [7, 11) is 0. The lowest BCUT2D eigenvalue weighted by atomic mass is 10.1. The Morgan fingerprint density at radius 2 is 1.79 bits per heavy atom. The van der Waals surface area contributed by atoms with Gasteiger partial charge in [0.15, 0.2) is 0 Å². The summed E-state index contributed by atoms with van der Waals surface area (Å²) in [5.41, 5.74) is 0.169. The fraction of sp³-hybridized carbons (Fsp3) is 0.350. The smallest absolute Gasteiger partial charge is 0.258 e. The van der Waals surface area contributed by atoms with E-state index in [0.29, 0.717) is 37.9 Å². The maximum absolute atomic E-state index is 13.7. The molecule has 8 heteroatoms. The summed E-state index contributed by atoms with van der Waals surface area (Å²) in [5.74, 6) is -1.46. The molecular formula is C20H22F2N4O2. The molecule has 3 rings (SSSR count). The quantitative estimate of drug-likeness (QED) is 0.875. The highest BCUT2D eigenvalue weighted by atomic mass is 19.1. The third-order valence-corrected chi connectivity index (χ3v) is 4.59. The van der Waals surface area contributed by atoms with Crippen molar-refractivity contribution in [1.82, 2.24) is 9.88 Å². The predicted octanol–water partition coefficient (Wildman–Crippen LogP) is 2.92. The Morgan fingerprint density at radius 3 is 2.36 bits per heavy atom. The fourth-order valence-corrected chi connectivity index (χ4v) is 3.04. The average Bonchev–Trinajstić information content (AvgIpc) is 2.68. The molecule has 1 N–H and O–H groups in total. The van der Waals surface area contributed by atoms with Gasteiger partial charge in [-0.25, -0.2) is 13.8 Å². The number of pyridine rings is 1. The number of carbonyl (C=O) groups is 2. The van der Waals surface area contributed by atoms with Crippen LogP contribution in [-0.2, 0) is 4.79 Å². The van der Waals surface area contributed by atoms with Gasteiger partial charge in [-0.3, -0.25) is 9.59 Å². The number of hydrogen-bond acceptors (Lipinski definition) is 4. The number of rotatable bonds is 4. The van der Waals surface area contributed by atoms with Crippen LogP contribution in [-0.4, -0.2) is 47.9 Å². The van der Waals surface area contributed by atoms with Crippen molar-refractivity contribution in [3.05, 3.63) is 53.7 Å². The second-order valence-electron chi connectivity index (χ2n) is 6.95. The van der Waals surface area contributed by atoms with Crippen LogP contribution in [0.15, 0.2) is 36.5 Å². The number of aromatic nitrogens is 1. The van der Waals surface area contributed by atoms with Crippen molar-refractivity contribution < 1.29 is 18.4 Å². The molecule has 0 bridgehead atoms. The minimum absolute atomic E-state index is 0.0153. The fourth-order valence-electron chi connectivity index (χ4n) is 3.04. The molecule has 148 valence electrons. The molecule has 0 atom stereocenters. The van der Waals surface area contributed by atoms with Gasteiger partial charge in [-0.1, -0.05) is 13.8 Å². The van der Waals surface area contributed by atoms with E-state index < -0.39 is 17.5 Å². The molecule has 1 aliphatic heterocycles. The van der Waals surface area contributed by atoms with Gasteiger partial charge in [0.05, 0.1) is 17.4 Å². The van der Waals surface area contributed by atoms with Gasteiger partial charge < -0.3 is 15.1 Å². The first-order chi connectivity index (χ1) is 13.3. The number of benzene rings is 1. The number of nitrogens with zero attached hydrogens (tertiary/aromatic N) is 3. The summed E-state index contributed by atoms with van der Waals surface area (Å²) in [6.45, 7) is 6.42. The average molecular weight is 388 g/mol. The third-order valence-electron chi connectivity index (χ3n) is 4.59. The first-order valence-corrected chi connectivity index (χ1v) is 9.11. The van der Waals surface area contributed by atoms with E-state index in [1.165, 1.54) is 6.20 Å². The Kier molecular flexibility index (Phi) is 5.87. The highest BCUT2D eigenvalue weighted by molar-refractivity contribution is 6.04. The topological polar surface area (TPSA) is 65.5 Å². The van der Waals surface area contributed by atoms with Gasteiger partial charge in [0.25, 0.3) is 5.91 Å². The summed E-state index contributed by atoms with van der Waals surface area (Å²) >= 11 is 0. The molecule has 0 saturated carbocycles. The predicted molar refractivity (Wildman–Crippen MR) is 102 cm³/mol. The van der Waals surface area contributed by atoms with E-state index in [1.807, 2.05) is 18.7 Å². The molecule has 28 heavy (non-hydrogen) atoms. The normalized spacial score (nSPS) is 14.3. The molecule has 1 aromatic carbocycles. The molecule has 1 saturated heterocycles. The van der Waals surface area contributed by atoms with Crippen molar-refractivity contribution in [2.75, 3.05) is 36.4 Å². The van der Waals surface area contributed by atoms with Gasteiger partial charge in [-0.05, 0) is 24.3 Å². The van der Waals surface area contributed by atoms with Crippen molar-refractivity contribution >= 4 is 23.3 Å². The van der Waals surface area contributed by atoms with Crippen LogP contribution in [0.2, 0.25) is 0 Å². The molecule has 2 amide bonds. The van der Waals surface area contributed by atoms with Gasteiger partial charge in [-0.15, -0.1) is 0 Å². The highest BCUT2D eigenvalue weighted by Gasteiger charge is 2.23. The molecule has 0 radical (unpaired) electrons. The van der Waals surface area contributed by atoms with Gasteiger partial charge in [0.1, 0.15) is 17.5 Å². The van der Waals surface area contributed by atoms with Crippen LogP contribution in [0.5, 0.6) is 0 Å². The Bertz CT molecular complexity index is 863. The van der Waals surface area contributed by atoms with Gasteiger partial charge >= 0.3 is 0 Å². The van der Waals surface area contributed by atoms with Crippen LogP contribution >= 0.6 is 0 Å². The lowest BCUT2D eigenvalue weighted by Gasteiger charge is -2.36. The van der Waals surface area contributed by atoms with E-state index >= 15 is 0 Å². The van der Waals surface area contributed by atoms with Gasteiger partial charge in [-0.2, -0.15) is 0 Å². The van der Waals surface area contributed by atoms with Crippen LogP contribution in [0.3, 0.4) is 0 Å². The monoisotopic (exact) mass is 388 g/mol. The SMILES string of the molecule is CC(C)C(=O)N1CCN(c2ccc(NC(=O)c3ccc(F)cc3F)cn2)CC1. The van der Waals surface area contributed by atoms with E-state index in [-0.39, 0.29) is 17.4 Å². The molecule has 1 fully saturated rings. The molecule has 0 spiro atoms. The van der Waals surface area contributed by atoms with Gasteiger partial charge in [0.2, 0.25) is 5.91 Å². The van der Waals surface area contributed by atoms with Gasteiger partial charge in [0, 0.05) is 38.2 Å². The molecule has 6 nitrogen and oxygen atoms in total. The van der Waals surface area contributed by atoms with Crippen molar-refractivity contribution in [2.45, 2.75) is 13.8 Å². The molecule has 1 aromatic heterocycles. The maximum Gasteiger partial charge on any atom is 0.258 e. The molecule has 2 heterocycles. The summed E-state index contributed by atoms with van der Waals surface area (Å²) in [5, 5.41) is 2.55. The molecule has 0 aliphatic carbocycles.